The van der Waals surface area contributed by atoms with Crippen LogP contribution in [0.2, 0.25) is 0 Å². The molecule has 0 unspecified atom stereocenters. The van der Waals surface area contributed by atoms with E-state index in [0.717, 1.165) is 13.1 Å². The summed E-state index contributed by atoms with van der Waals surface area (Å²) in [7, 11) is 0. The monoisotopic (exact) mass is 202 g/mol. The Morgan fingerprint density at radius 2 is 1.93 bits per heavy atom. The summed E-state index contributed by atoms with van der Waals surface area (Å²) in [5.74, 6) is -0.212. The summed E-state index contributed by atoms with van der Waals surface area (Å²) < 4.78 is 0. The van der Waals surface area contributed by atoms with Crippen LogP contribution in [0.5, 0.6) is 0 Å². The summed E-state index contributed by atoms with van der Waals surface area (Å²) in [6.07, 6.45) is 4.14. The fourth-order valence-electron chi connectivity index (χ4n) is 0.968. The molecule has 0 spiro atoms. The molecule has 4 heteroatoms. The van der Waals surface area contributed by atoms with Gasteiger partial charge in [0.25, 0.3) is 0 Å². The molecule has 0 fully saturated rings. The first kappa shape index (κ1) is 13.4. The molecule has 0 aromatic heterocycles. The van der Waals surface area contributed by atoms with Crippen molar-refractivity contribution in [3.63, 3.8) is 0 Å². The van der Waals surface area contributed by atoms with Crippen molar-refractivity contribution in [2.45, 2.75) is 39.5 Å². The van der Waals surface area contributed by atoms with Crippen LogP contribution in [-0.4, -0.2) is 25.6 Å². The second kappa shape index (κ2) is 10.5. The van der Waals surface area contributed by atoms with E-state index in [1.807, 2.05) is 0 Å². The van der Waals surface area contributed by atoms with Crippen molar-refractivity contribution in [2.24, 2.45) is 0 Å². The van der Waals surface area contributed by atoms with E-state index in [-0.39, 0.29) is 5.97 Å². The minimum atomic E-state index is -0.212. The highest BCUT2D eigenvalue weighted by Gasteiger charge is 1.95. The van der Waals surface area contributed by atoms with Crippen molar-refractivity contribution in [3.8, 4) is 0 Å². The molecule has 0 amide bonds. The van der Waals surface area contributed by atoms with Gasteiger partial charge in [-0.25, -0.2) is 0 Å². The van der Waals surface area contributed by atoms with Crippen molar-refractivity contribution >= 4 is 5.97 Å². The van der Waals surface area contributed by atoms with E-state index >= 15 is 0 Å². The molecule has 0 aliphatic heterocycles. The molecule has 0 bridgehead atoms. The van der Waals surface area contributed by atoms with Gasteiger partial charge in [0.1, 0.15) is 0 Å². The standard InChI is InChI=1S/C10H22N2O2/c1-3-5-6-7-11-8-9-12-14-10(13)4-2/h11-12H,3-9H2,1-2H3. The van der Waals surface area contributed by atoms with Crippen molar-refractivity contribution in [3.05, 3.63) is 0 Å². The maximum absolute atomic E-state index is 10.7. The van der Waals surface area contributed by atoms with Crippen molar-refractivity contribution in [1.29, 1.82) is 0 Å². The molecule has 2 N–H and O–H groups in total. The van der Waals surface area contributed by atoms with Crippen LogP contribution < -0.4 is 10.8 Å². The third kappa shape index (κ3) is 9.48. The van der Waals surface area contributed by atoms with Gasteiger partial charge in [-0.15, -0.1) is 0 Å². The molecule has 0 heterocycles. The number of hydroxylamine groups is 1. The topological polar surface area (TPSA) is 50.4 Å². The fraction of sp³-hybridized carbons (Fsp3) is 0.900. The van der Waals surface area contributed by atoms with Gasteiger partial charge in [-0.05, 0) is 13.0 Å². The average molecular weight is 202 g/mol. The number of carbonyl (C=O) groups excluding carboxylic acids is 1. The number of rotatable bonds is 9. The smallest absolute Gasteiger partial charge is 0.324 e. The maximum atomic E-state index is 10.7. The Morgan fingerprint density at radius 1 is 1.14 bits per heavy atom. The van der Waals surface area contributed by atoms with Gasteiger partial charge in [0.05, 0.1) is 0 Å². The Bertz CT molecular complexity index is 140. The van der Waals surface area contributed by atoms with Gasteiger partial charge >= 0.3 is 5.97 Å². The molecule has 0 rings (SSSR count). The molecule has 0 radical (unpaired) electrons. The average Bonchev–Trinajstić information content (AvgIpc) is 2.21. The Labute approximate surface area is 86.4 Å². The maximum Gasteiger partial charge on any atom is 0.324 e. The molecular formula is C10H22N2O2. The zero-order chi connectivity index (χ0) is 10.6. The van der Waals surface area contributed by atoms with Crippen molar-refractivity contribution < 1.29 is 9.63 Å². The second-order valence-electron chi connectivity index (χ2n) is 3.18. The number of hydrogen-bond donors (Lipinski definition) is 2. The lowest BCUT2D eigenvalue weighted by molar-refractivity contribution is -0.150. The number of unbranched alkanes of at least 4 members (excludes halogenated alkanes) is 2. The van der Waals surface area contributed by atoms with E-state index < -0.39 is 0 Å². The molecule has 0 aromatic rings. The van der Waals surface area contributed by atoms with Crippen LogP contribution in [-0.2, 0) is 9.63 Å². The summed E-state index contributed by atoms with van der Waals surface area (Å²) in [6, 6.07) is 0. The van der Waals surface area contributed by atoms with Crippen LogP contribution in [0.4, 0.5) is 0 Å². The minimum Gasteiger partial charge on any atom is -0.371 e. The summed E-state index contributed by atoms with van der Waals surface area (Å²) in [5.41, 5.74) is 2.61. The van der Waals surface area contributed by atoms with E-state index in [2.05, 4.69) is 22.6 Å². The SMILES string of the molecule is CCCCCNCCNOC(=O)CC. The van der Waals surface area contributed by atoms with Crippen LogP contribution >= 0.6 is 0 Å². The van der Waals surface area contributed by atoms with Crippen LogP contribution in [0.15, 0.2) is 0 Å². The minimum absolute atomic E-state index is 0.212. The van der Waals surface area contributed by atoms with E-state index in [1.54, 1.807) is 6.92 Å². The summed E-state index contributed by atoms with van der Waals surface area (Å²) in [4.78, 5) is 15.4. The number of nitrogens with one attached hydrogen (secondary N) is 2. The third-order valence-corrected chi connectivity index (χ3v) is 1.84. The highest BCUT2D eigenvalue weighted by atomic mass is 16.7. The Kier molecular flexibility index (Phi) is 10.0. The molecule has 0 aliphatic rings. The van der Waals surface area contributed by atoms with Crippen LogP contribution in [0.25, 0.3) is 0 Å². The summed E-state index contributed by atoms with van der Waals surface area (Å²) in [6.45, 7) is 6.49. The second-order valence-corrected chi connectivity index (χ2v) is 3.18. The first-order valence-corrected chi connectivity index (χ1v) is 5.44. The van der Waals surface area contributed by atoms with E-state index in [1.165, 1.54) is 19.3 Å². The van der Waals surface area contributed by atoms with Gasteiger partial charge in [0.2, 0.25) is 0 Å². The van der Waals surface area contributed by atoms with Crippen molar-refractivity contribution in [1.82, 2.24) is 10.8 Å². The summed E-state index contributed by atoms with van der Waals surface area (Å²) >= 11 is 0. The lowest BCUT2D eigenvalue weighted by Gasteiger charge is -2.05. The zero-order valence-electron chi connectivity index (χ0n) is 9.27. The Balaban J connectivity index is 2.95. The van der Waals surface area contributed by atoms with Gasteiger partial charge in [-0.1, -0.05) is 26.7 Å². The number of carbonyl (C=O) groups is 1. The molecule has 0 aliphatic carbocycles. The van der Waals surface area contributed by atoms with Crippen molar-refractivity contribution in [2.75, 3.05) is 19.6 Å². The highest BCUT2D eigenvalue weighted by Crippen LogP contribution is 1.90. The predicted molar refractivity (Wildman–Crippen MR) is 56.8 cm³/mol. The molecule has 0 atom stereocenters. The van der Waals surface area contributed by atoms with Gasteiger partial charge in [0, 0.05) is 19.5 Å². The number of hydrogen-bond acceptors (Lipinski definition) is 4. The van der Waals surface area contributed by atoms with Gasteiger partial charge in [-0.3, -0.25) is 4.79 Å². The Morgan fingerprint density at radius 3 is 2.57 bits per heavy atom. The lowest BCUT2D eigenvalue weighted by atomic mass is 10.2. The molecular weight excluding hydrogens is 180 g/mol. The first-order valence-electron chi connectivity index (χ1n) is 5.44. The Hall–Kier alpha value is -0.610. The van der Waals surface area contributed by atoms with Crippen LogP contribution in [0, 0.1) is 0 Å². The first-order chi connectivity index (χ1) is 6.81. The molecule has 84 valence electrons. The van der Waals surface area contributed by atoms with Crippen LogP contribution in [0.1, 0.15) is 39.5 Å². The molecule has 0 aromatic carbocycles. The fourth-order valence-corrected chi connectivity index (χ4v) is 0.968. The lowest BCUT2D eigenvalue weighted by Crippen LogP contribution is -2.29. The third-order valence-electron chi connectivity index (χ3n) is 1.84. The van der Waals surface area contributed by atoms with Gasteiger partial charge in [-0.2, -0.15) is 5.48 Å². The van der Waals surface area contributed by atoms with Gasteiger partial charge in [0.15, 0.2) is 0 Å². The molecule has 14 heavy (non-hydrogen) atoms. The van der Waals surface area contributed by atoms with Crippen LogP contribution in [0.3, 0.4) is 0 Å². The largest absolute Gasteiger partial charge is 0.371 e. The quantitative estimate of drug-likeness (QED) is 0.436. The summed E-state index contributed by atoms with van der Waals surface area (Å²) in [5, 5.41) is 3.26. The predicted octanol–water partition coefficient (Wildman–Crippen LogP) is 1.22. The zero-order valence-corrected chi connectivity index (χ0v) is 9.27. The van der Waals surface area contributed by atoms with E-state index in [0.29, 0.717) is 13.0 Å². The normalized spacial score (nSPS) is 10.1. The molecule has 0 saturated carbocycles. The molecule has 4 nitrogen and oxygen atoms in total. The van der Waals surface area contributed by atoms with E-state index in [4.69, 9.17) is 0 Å². The molecule has 0 saturated heterocycles. The van der Waals surface area contributed by atoms with E-state index in [9.17, 15) is 4.79 Å². The van der Waals surface area contributed by atoms with Gasteiger partial charge < -0.3 is 10.2 Å². The highest BCUT2D eigenvalue weighted by molar-refractivity contribution is 5.68.